The molecule has 1 aromatic carbocycles. The van der Waals surface area contributed by atoms with E-state index in [0.717, 1.165) is 13.0 Å². The molecule has 0 spiro atoms. The van der Waals surface area contributed by atoms with Crippen LogP contribution in [0.1, 0.15) is 52.5 Å². The summed E-state index contributed by atoms with van der Waals surface area (Å²) < 4.78 is 0. The van der Waals surface area contributed by atoms with Gasteiger partial charge in [-0.2, -0.15) is 0 Å². The van der Waals surface area contributed by atoms with Gasteiger partial charge in [-0.15, -0.1) is 0 Å². The molecule has 0 bridgehead atoms. The number of piperazine rings is 1. The van der Waals surface area contributed by atoms with Crippen molar-refractivity contribution >= 4 is 0 Å². The van der Waals surface area contributed by atoms with Crippen molar-refractivity contribution in [2.24, 2.45) is 0 Å². The van der Waals surface area contributed by atoms with E-state index >= 15 is 0 Å². The molecular weight excluding hydrogens is 256 g/mol. The lowest BCUT2D eigenvalue weighted by Gasteiger charge is -2.49. The van der Waals surface area contributed by atoms with Crippen molar-refractivity contribution in [3.63, 3.8) is 0 Å². The van der Waals surface area contributed by atoms with Gasteiger partial charge in [-0.1, -0.05) is 50.6 Å². The highest BCUT2D eigenvalue weighted by molar-refractivity contribution is 5.16. The van der Waals surface area contributed by atoms with Crippen LogP contribution in [0.3, 0.4) is 0 Å². The number of hydrogen-bond acceptors (Lipinski definition) is 2. The highest BCUT2D eigenvalue weighted by Gasteiger charge is 2.35. The van der Waals surface area contributed by atoms with Gasteiger partial charge in [0.1, 0.15) is 0 Å². The molecule has 1 saturated heterocycles. The van der Waals surface area contributed by atoms with Gasteiger partial charge < -0.3 is 5.32 Å². The summed E-state index contributed by atoms with van der Waals surface area (Å²) in [4.78, 5) is 2.76. The van der Waals surface area contributed by atoms with E-state index in [1.54, 1.807) is 0 Å². The van der Waals surface area contributed by atoms with Crippen LogP contribution in [0, 0.1) is 0 Å². The largest absolute Gasteiger partial charge is 0.311 e. The van der Waals surface area contributed by atoms with Crippen LogP contribution in [0.25, 0.3) is 0 Å². The fourth-order valence-electron chi connectivity index (χ4n) is 3.76. The molecule has 1 aliphatic rings. The maximum absolute atomic E-state index is 3.77. The molecule has 21 heavy (non-hydrogen) atoms. The van der Waals surface area contributed by atoms with Gasteiger partial charge in [-0.3, -0.25) is 4.90 Å². The fraction of sp³-hybridized carbons (Fsp3) is 0.684. The van der Waals surface area contributed by atoms with Crippen molar-refractivity contribution in [2.75, 3.05) is 13.1 Å². The number of rotatable bonds is 6. The topological polar surface area (TPSA) is 15.3 Å². The van der Waals surface area contributed by atoms with Crippen molar-refractivity contribution < 1.29 is 0 Å². The minimum atomic E-state index is 0.312. The zero-order valence-electron chi connectivity index (χ0n) is 14.2. The molecule has 2 rings (SSSR count). The second kappa shape index (κ2) is 7.42. The molecule has 1 heterocycles. The summed E-state index contributed by atoms with van der Waals surface area (Å²) in [6.07, 6.45) is 4.91. The molecule has 1 aromatic rings. The van der Waals surface area contributed by atoms with Crippen LogP contribution in [0.4, 0.5) is 0 Å². The van der Waals surface area contributed by atoms with Crippen LogP contribution in [-0.4, -0.2) is 35.6 Å². The Kier molecular flexibility index (Phi) is 5.83. The molecule has 2 heteroatoms. The van der Waals surface area contributed by atoms with Crippen molar-refractivity contribution in [3.8, 4) is 0 Å². The Morgan fingerprint density at radius 3 is 2.52 bits per heavy atom. The van der Waals surface area contributed by atoms with Gasteiger partial charge in [-0.25, -0.2) is 0 Å². The standard InChI is InChI=1S/C19H32N2/c1-5-12-19(3,4)21-15-17(20-14-18(21)6-2)13-16-10-8-7-9-11-16/h7-11,17-18,20H,5-6,12-15H2,1-4H3. The Bertz CT molecular complexity index is 413. The molecule has 1 N–H and O–H groups in total. The minimum Gasteiger partial charge on any atom is -0.311 e. The maximum Gasteiger partial charge on any atom is 0.0236 e. The van der Waals surface area contributed by atoms with Gasteiger partial charge in [0, 0.05) is 30.7 Å². The van der Waals surface area contributed by atoms with Gasteiger partial charge in [0.25, 0.3) is 0 Å². The highest BCUT2D eigenvalue weighted by atomic mass is 15.3. The van der Waals surface area contributed by atoms with E-state index in [4.69, 9.17) is 0 Å². The number of hydrogen-bond donors (Lipinski definition) is 1. The lowest BCUT2D eigenvalue weighted by atomic mass is 9.90. The minimum absolute atomic E-state index is 0.312. The molecule has 2 nitrogen and oxygen atoms in total. The summed E-state index contributed by atoms with van der Waals surface area (Å²) in [5.74, 6) is 0. The van der Waals surface area contributed by atoms with Crippen LogP contribution in [-0.2, 0) is 6.42 Å². The molecular formula is C19H32N2. The summed E-state index contributed by atoms with van der Waals surface area (Å²) in [5.41, 5.74) is 1.75. The quantitative estimate of drug-likeness (QED) is 0.855. The third-order valence-corrected chi connectivity index (χ3v) is 4.94. The number of nitrogens with zero attached hydrogens (tertiary/aromatic N) is 1. The van der Waals surface area contributed by atoms with Crippen molar-refractivity contribution in [1.82, 2.24) is 10.2 Å². The molecule has 1 fully saturated rings. The van der Waals surface area contributed by atoms with Crippen molar-refractivity contribution in [1.29, 1.82) is 0 Å². The molecule has 2 unspecified atom stereocenters. The lowest BCUT2D eigenvalue weighted by Crippen LogP contribution is -2.62. The van der Waals surface area contributed by atoms with E-state index in [2.05, 4.69) is 68.2 Å². The first kappa shape index (κ1) is 16.5. The predicted octanol–water partition coefficient (Wildman–Crippen LogP) is 3.86. The first-order valence-electron chi connectivity index (χ1n) is 8.61. The molecule has 0 radical (unpaired) electrons. The smallest absolute Gasteiger partial charge is 0.0236 e. The molecule has 1 aliphatic heterocycles. The highest BCUT2D eigenvalue weighted by Crippen LogP contribution is 2.27. The Balaban J connectivity index is 2.04. The van der Waals surface area contributed by atoms with E-state index in [0.29, 0.717) is 17.6 Å². The SMILES string of the molecule is CCCC(C)(C)N1CC(Cc2ccccc2)NCC1CC. The molecule has 2 atom stereocenters. The average molecular weight is 288 g/mol. The van der Waals surface area contributed by atoms with Crippen LogP contribution in [0.15, 0.2) is 30.3 Å². The predicted molar refractivity (Wildman–Crippen MR) is 91.7 cm³/mol. The normalized spacial score (nSPS) is 24.2. The van der Waals surface area contributed by atoms with Gasteiger partial charge in [-0.05, 0) is 38.7 Å². The number of nitrogens with one attached hydrogen (secondary N) is 1. The van der Waals surface area contributed by atoms with Crippen molar-refractivity contribution in [2.45, 2.75) is 71.0 Å². The van der Waals surface area contributed by atoms with Gasteiger partial charge in [0.2, 0.25) is 0 Å². The Morgan fingerprint density at radius 2 is 1.90 bits per heavy atom. The molecule has 0 aliphatic carbocycles. The van der Waals surface area contributed by atoms with Crippen molar-refractivity contribution in [3.05, 3.63) is 35.9 Å². The summed E-state index contributed by atoms with van der Waals surface area (Å²) in [7, 11) is 0. The zero-order valence-corrected chi connectivity index (χ0v) is 14.2. The van der Waals surface area contributed by atoms with Crippen LogP contribution in [0.5, 0.6) is 0 Å². The van der Waals surface area contributed by atoms with E-state index in [1.807, 2.05) is 0 Å². The van der Waals surface area contributed by atoms with Gasteiger partial charge in [0.05, 0.1) is 0 Å². The summed E-state index contributed by atoms with van der Waals surface area (Å²) in [6, 6.07) is 12.1. The van der Waals surface area contributed by atoms with E-state index in [-0.39, 0.29) is 0 Å². The van der Waals surface area contributed by atoms with Crippen LogP contribution >= 0.6 is 0 Å². The third kappa shape index (κ3) is 4.31. The fourth-order valence-corrected chi connectivity index (χ4v) is 3.76. The first-order valence-corrected chi connectivity index (χ1v) is 8.61. The second-order valence-electron chi connectivity index (χ2n) is 7.07. The van der Waals surface area contributed by atoms with Crippen LogP contribution < -0.4 is 5.32 Å². The number of benzene rings is 1. The molecule has 0 aromatic heterocycles. The van der Waals surface area contributed by atoms with E-state index < -0.39 is 0 Å². The van der Waals surface area contributed by atoms with Gasteiger partial charge >= 0.3 is 0 Å². The zero-order chi connectivity index (χ0) is 15.3. The molecule has 118 valence electrons. The Hall–Kier alpha value is -0.860. The van der Waals surface area contributed by atoms with Gasteiger partial charge in [0.15, 0.2) is 0 Å². The maximum atomic E-state index is 3.77. The molecule has 0 amide bonds. The summed E-state index contributed by atoms with van der Waals surface area (Å²) in [5, 5.41) is 3.77. The third-order valence-electron chi connectivity index (χ3n) is 4.94. The van der Waals surface area contributed by atoms with E-state index in [1.165, 1.54) is 31.4 Å². The van der Waals surface area contributed by atoms with E-state index in [9.17, 15) is 0 Å². The second-order valence-corrected chi connectivity index (χ2v) is 7.07. The average Bonchev–Trinajstić information content (AvgIpc) is 2.48. The summed E-state index contributed by atoms with van der Waals surface area (Å²) >= 11 is 0. The monoisotopic (exact) mass is 288 g/mol. The Morgan fingerprint density at radius 1 is 1.19 bits per heavy atom. The van der Waals surface area contributed by atoms with Crippen LogP contribution in [0.2, 0.25) is 0 Å². The Labute approximate surface area is 130 Å². The molecule has 0 saturated carbocycles. The lowest BCUT2D eigenvalue weighted by molar-refractivity contribution is 0.0231. The first-order chi connectivity index (χ1) is 10.1. The summed E-state index contributed by atoms with van der Waals surface area (Å²) in [6.45, 7) is 11.8.